The Morgan fingerprint density at radius 1 is 1.05 bits per heavy atom. The van der Waals surface area contributed by atoms with Crippen molar-refractivity contribution >= 4 is 17.3 Å². The molecule has 0 spiro atoms. The van der Waals surface area contributed by atoms with Crippen LogP contribution in [0.25, 0.3) is 0 Å². The van der Waals surface area contributed by atoms with E-state index in [0.717, 1.165) is 28.9 Å². The first-order chi connectivity index (χ1) is 9.86. The highest BCUT2D eigenvalue weighted by Gasteiger charge is 2.29. The van der Waals surface area contributed by atoms with Gasteiger partial charge in [-0.05, 0) is 54.8 Å². The number of aryl methyl sites for hydroxylation is 1. The summed E-state index contributed by atoms with van der Waals surface area (Å²) in [7, 11) is 0. The lowest BCUT2D eigenvalue weighted by molar-refractivity contribution is -0.137. The van der Waals surface area contributed by atoms with Crippen LogP contribution < -0.4 is 5.32 Å². The maximum absolute atomic E-state index is 12.4. The molecular formula is C16H15ClF3N. The van der Waals surface area contributed by atoms with E-state index in [4.69, 9.17) is 11.6 Å². The number of alkyl halides is 3. The van der Waals surface area contributed by atoms with Crippen LogP contribution in [0.3, 0.4) is 0 Å². The number of benzene rings is 2. The van der Waals surface area contributed by atoms with Gasteiger partial charge in [0.15, 0.2) is 0 Å². The van der Waals surface area contributed by atoms with E-state index in [0.29, 0.717) is 18.0 Å². The minimum Gasteiger partial charge on any atom is -0.385 e. The molecule has 0 aliphatic carbocycles. The minimum atomic E-state index is -4.28. The molecule has 2 aromatic rings. The highest BCUT2D eigenvalue weighted by molar-refractivity contribution is 6.31. The van der Waals surface area contributed by atoms with Crippen molar-refractivity contribution in [2.45, 2.75) is 19.5 Å². The van der Waals surface area contributed by atoms with E-state index in [2.05, 4.69) is 5.32 Å². The first kappa shape index (κ1) is 15.7. The van der Waals surface area contributed by atoms with Crippen LogP contribution in [0.1, 0.15) is 16.7 Å². The van der Waals surface area contributed by atoms with Gasteiger partial charge in [0.25, 0.3) is 0 Å². The molecule has 21 heavy (non-hydrogen) atoms. The molecule has 1 nitrogen and oxygen atoms in total. The van der Waals surface area contributed by atoms with Crippen molar-refractivity contribution in [2.75, 3.05) is 11.9 Å². The standard InChI is InChI=1S/C16H15ClF3N/c1-11-10-14(6-7-15(11)17)21-9-8-12-2-4-13(5-3-12)16(18,19)20/h2-7,10,21H,8-9H2,1H3. The Labute approximate surface area is 126 Å². The molecule has 0 atom stereocenters. The molecule has 0 saturated heterocycles. The number of rotatable bonds is 4. The molecule has 2 aromatic carbocycles. The normalized spacial score (nSPS) is 11.5. The predicted molar refractivity (Wildman–Crippen MR) is 79.8 cm³/mol. The molecule has 0 saturated carbocycles. The highest BCUT2D eigenvalue weighted by Crippen LogP contribution is 2.29. The molecular weight excluding hydrogens is 299 g/mol. The van der Waals surface area contributed by atoms with Gasteiger partial charge in [-0.2, -0.15) is 13.2 Å². The molecule has 0 aliphatic heterocycles. The second-order valence-corrected chi connectivity index (χ2v) is 5.24. The van der Waals surface area contributed by atoms with Crippen molar-refractivity contribution in [3.63, 3.8) is 0 Å². The van der Waals surface area contributed by atoms with E-state index in [1.54, 1.807) is 0 Å². The molecule has 0 aliphatic rings. The van der Waals surface area contributed by atoms with Gasteiger partial charge in [-0.3, -0.25) is 0 Å². The summed E-state index contributed by atoms with van der Waals surface area (Å²) in [5, 5.41) is 3.94. The van der Waals surface area contributed by atoms with Crippen molar-refractivity contribution in [3.8, 4) is 0 Å². The molecule has 0 aromatic heterocycles. The monoisotopic (exact) mass is 313 g/mol. The fourth-order valence-electron chi connectivity index (χ4n) is 1.97. The van der Waals surface area contributed by atoms with Crippen LogP contribution in [0.15, 0.2) is 42.5 Å². The van der Waals surface area contributed by atoms with Crippen LogP contribution in [0.2, 0.25) is 5.02 Å². The summed E-state index contributed by atoms with van der Waals surface area (Å²) >= 11 is 5.94. The first-order valence-corrected chi connectivity index (χ1v) is 6.90. The molecule has 112 valence electrons. The summed E-state index contributed by atoms with van der Waals surface area (Å²) in [5.74, 6) is 0. The van der Waals surface area contributed by atoms with E-state index in [9.17, 15) is 13.2 Å². The first-order valence-electron chi connectivity index (χ1n) is 6.52. The average molecular weight is 314 g/mol. The summed E-state index contributed by atoms with van der Waals surface area (Å²) in [5.41, 5.74) is 2.17. The average Bonchev–Trinajstić information content (AvgIpc) is 2.42. The van der Waals surface area contributed by atoms with Crippen LogP contribution in [0.4, 0.5) is 18.9 Å². The molecule has 0 heterocycles. The van der Waals surface area contributed by atoms with Gasteiger partial charge < -0.3 is 5.32 Å². The van der Waals surface area contributed by atoms with Crippen LogP contribution in [0.5, 0.6) is 0 Å². The molecule has 2 rings (SSSR count). The molecule has 0 amide bonds. The Balaban J connectivity index is 1.90. The third-order valence-electron chi connectivity index (χ3n) is 3.18. The Morgan fingerprint density at radius 2 is 1.71 bits per heavy atom. The summed E-state index contributed by atoms with van der Waals surface area (Å²) in [4.78, 5) is 0. The van der Waals surface area contributed by atoms with Gasteiger partial charge in [0.1, 0.15) is 0 Å². The van der Waals surface area contributed by atoms with Gasteiger partial charge in [-0.1, -0.05) is 23.7 Å². The van der Waals surface area contributed by atoms with Gasteiger partial charge in [0, 0.05) is 17.3 Å². The molecule has 1 N–H and O–H groups in total. The fraction of sp³-hybridized carbons (Fsp3) is 0.250. The molecule has 0 fully saturated rings. The van der Waals surface area contributed by atoms with E-state index < -0.39 is 11.7 Å². The number of hydrogen-bond donors (Lipinski definition) is 1. The maximum Gasteiger partial charge on any atom is 0.416 e. The van der Waals surface area contributed by atoms with Crippen molar-refractivity contribution in [2.24, 2.45) is 0 Å². The zero-order valence-electron chi connectivity index (χ0n) is 11.5. The Bertz CT molecular complexity index is 606. The Kier molecular flexibility index (Phi) is 4.78. The van der Waals surface area contributed by atoms with Gasteiger partial charge >= 0.3 is 6.18 Å². The van der Waals surface area contributed by atoms with Gasteiger partial charge in [0.2, 0.25) is 0 Å². The van der Waals surface area contributed by atoms with Crippen LogP contribution in [-0.2, 0) is 12.6 Å². The highest BCUT2D eigenvalue weighted by atomic mass is 35.5. The molecule has 0 radical (unpaired) electrons. The van der Waals surface area contributed by atoms with Crippen LogP contribution in [0, 0.1) is 6.92 Å². The summed E-state index contributed by atoms with van der Waals surface area (Å²) in [6.07, 6.45) is -3.63. The lowest BCUT2D eigenvalue weighted by atomic mass is 10.1. The quantitative estimate of drug-likeness (QED) is 0.805. The van der Waals surface area contributed by atoms with Gasteiger partial charge in [0.05, 0.1) is 5.56 Å². The second kappa shape index (κ2) is 6.39. The van der Waals surface area contributed by atoms with E-state index in [1.807, 2.05) is 25.1 Å². The predicted octanol–water partition coefficient (Wildman–Crippen LogP) is 5.32. The summed E-state index contributed by atoms with van der Waals surface area (Å²) in [6.45, 7) is 2.57. The SMILES string of the molecule is Cc1cc(NCCc2ccc(C(F)(F)F)cc2)ccc1Cl. The van der Waals surface area contributed by atoms with Crippen molar-refractivity contribution in [3.05, 3.63) is 64.2 Å². The number of hydrogen-bond acceptors (Lipinski definition) is 1. The summed E-state index contributed by atoms with van der Waals surface area (Å²) in [6, 6.07) is 10.9. The third kappa shape index (κ3) is 4.39. The minimum absolute atomic E-state index is 0.618. The zero-order valence-corrected chi connectivity index (χ0v) is 12.2. The molecule has 0 unspecified atom stereocenters. The lowest BCUT2D eigenvalue weighted by Gasteiger charge is -2.09. The van der Waals surface area contributed by atoms with Crippen LogP contribution in [-0.4, -0.2) is 6.54 Å². The topological polar surface area (TPSA) is 12.0 Å². The molecule has 0 bridgehead atoms. The van der Waals surface area contributed by atoms with Crippen LogP contribution >= 0.6 is 11.6 Å². The number of nitrogens with one attached hydrogen (secondary N) is 1. The van der Waals surface area contributed by atoms with Crippen molar-refractivity contribution in [1.29, 1.82) is 0 Å². The summed E-state index contributed by atoms with van der Waals surface area (Å²) < 4.78 is 37.3. The van der Waals surface area contributed by atoms with Gasteiger partial charge in [-0.15, -0.1) is 0 Å². The smallest absolute Gasteiger partial charge is 0.385 e. The van der Waals surface area contributed by atoms with E-state index >= 15 is 0 Å². The third-order valence-corrected chi connectivity index (χ3v) is 3.61. The molecule has 5 heteroatoms. The zero-order chi connectivity index (χ0) is 15.5. The van der Waals surface area contributed by atoms with E-state index in [1.165, 1.54) is 12.1 Å². The van der Waals surface area contributed by atoms with Gasteiger partial charge in [-0.25, -0.2) is 0 Å². The Hall–Kier alpha value is -1.68. The second-order valence-electron chi connectivity index (χ2n) is 4.84. The Morgan fingerprint density at radius 3 is 2.29 bits per heavy atom. The van der Waals surface area contributed by atoms with Crippen molar-refractivity contribution in [1.82, 2.24) is 0 Å². The number of anilines is 1. The number of halogens is 4. The maximum atomic E-state index is 12.4. The van der Waals surface area contributed by atoms with Crippen molar-refractivity contribution < 1.29 is 13.2 Å². The fourth-order valence-corrected chi connectivity index (χ4v) is 2.08. The lowest BCUT2D eigenvalue weighted by Crippen LogP contribution is -2.07. The largest absolute Gasteiger partial charge is 0.416 e. The van der Waals surface area contributed by atoms with E-state index in [-0.39, 0.29) is 0 Å².